The van der Waals surface area contributed by atoms with Crippen LogP contribution < -0.4 is 5.32 Å². The Balaban J connectivity index is 2.66. The van der Waals surface area contributed by atoms with Gasteiger partial charge in [0, 0.05) is 11.4 Å². The van der Waals surface area contributed by atoms with Gasteiger partial charge in [-0.05, 0) is 24.3 Å². The van der Waals surface area contributed by atoms with Crippen molar-refractivity contribution in [1.82, 2.24) is 5.32 Å². The lowest BCUT2D eigenvalue weighted by atomic mass is 9.90. The zero-order chi connectivity index (χ0) is 12.0. The highest BCUT2D eigenvalue weighted by Crippen LogP contribution is 2.19. The van der Waals surface area contributed by atoms with Crippen molar-refractivity contribution >= 4 is 17.3 Å². The van der Waals surface area contributed by atoms with Crippen LogP contribution in [-0.4, -0.2) is 16.6 Å². The second-order valence-electron chi connectivity index (χ2n) is 3.92. The molecule has 1 aromatic rings. The van der Waals surface area contributed by atoms with E-state index in [1.54, 1.807) is 11.3 Å². The van der Waals surface area contributed by atoms with Crippen LogP contribution in [0.25, 0.3) is 0 Å². The minimum atomic E-state index is -0.765. The van der Waals surface area contributed by atoms with Gasteiger partial charge in [0.1, 0.15) is 5.54 Å². The van der Waals surface area contributed by atoms with E-state index in [0.717, 1.165) is 6.42 Å². The van der Waals surface area contributed by atoms with Gasteiger partial charge in [-0.1, -0.05) is 26.3 Å². The molecule has 1 atom stereocenters. The molecule has 1 heterocycles. The first kappa shape index (κ1) is 13.2. The van der Waals surface area contributed by atoms with Crippen molar-refractivity contribution in [2.45, 2.75) is 45.2 Å². The third-order valence-electron chi connectivity index (χ3n) is 2.87. The molecule has 0 fully saturated rings. The van der Waals surface area contributed by atoms with E-state index in [1.807, 2.05) is 31.4 Å². The first-order valence-corrected chi connectivity index (χ1v) is 6.53. The van der Waals surface area contributed by atoms with Gasteiger partial charge in [-0.3, -0.25) is 10.1 Å². The fourth-order valence-corrected chi connectivity index (χ4v) is 2.46. The van der Waals surface area contributed by atoms with Gasteiger partial charge in [0.2, 0.25) is 0 Å². The fourth-order valence-electron chi connectivity index (χ4n) is 1.82. The molecule has 0 spiro atoms. The quantitative estimate of drug-likeness (QED) is 0.771. The number of thiophene rings is 1. The molecule has 1 rings (SSSR count). The molecule has 0 aliphatic heterocycles. The zero-order valence-corrected chi connectivity index (χ0v) is 10.6. The summed E-state index contributed by atoms with van der Waals surface area (Å²) in [5, 5.41) is 14.5. The standard InChI is InChI=1S/C12H19NO2S/c1-3-7-12(4-2,11(14)15)13-9-10-6-5-8-16-10/h5-6,8,13H,3-4,7,9H2,1-2H3,(H,14,15). The van der Waals surface area contributed by atoms with Crippen LogP contribution >= 0.6 is 11.3 Å². The fraction of sp³-hybridized carbons (Fsp3) is 0.583. The van der Waals surface area contributed by atoms with Crippen LogP contribution in [0.4, 0.5) is 0 Å². The molecule has 0 radical (unpaired) electrons. The number of carbonyl (C=O) groups is 1. The Hall–Kier alpha value is -0.870. The maximum absolute atomic E-state index is 11.3. The Morgan fingerprint density at radius 2 is 2.31 bits per heavy atom. The molecule has 1 unspecified atom stereocenters. The van der Waals surface area contributed by atoms with Crippen LogP contribution in [-0.2, 0) is 11.3 Å². The van der Waals surface area contributed by atoms with Crippen LogP contribution in [0.1, 0.15) is 38.0 Å². The predicted octanol–water partition coefficient (Wildman–Crippen LogP) is 2.87. The Labute approximate surface area is 100 Å². The molecular formula is C12H19NO2S. The highest BCUT2D eigenvalue weighted by atomic mass is 32.1. The molecule has 4 heteroatoms. The summed E-state index contributed by atoms with van der Waals surface area (Å²) in [7, 11) is 0. The third kappa shape index (κ3) is 3.06. The molecular weight excluding hydrogens is 222 g/mol. The topological polar surface area (TPSA) is 49.3 Å². The van der Waals surface area contributed by atoms with Crippen LogP contribution in [0.15, 0.2) is 17.5 Å². The molecule has 0 bridgehead atoms. The average Bonchev–Trinajstić information content (AvgIpc) is 2.76. The van der Waals surface area contributed by atoms with Crippen molar-refractivity contribution in [3.63, 3.8) is 0 Å². The van der Waals surface area contributed by atoms with Gasteiger partial charge in [0.25, 0.3) is 0 Å². The minimum Gasteiger partial charge on any atom is -0.480 e. The van der Waals surface area contributed by atoms with Crippen LogP contribution in [0.5, 0.6) is 0 Å². The summed E-state index contributed by atoms with van der Waals surface area (Å²) in [5.41, 5.74) is -0.765. The maximum Gasteiger partial charge on any atom is 0.323 e. The number of carboxylic acid groups (broad SMARTS) is 1. The largest absolute Gasteiger partial charge is 0.480 e. The summed E-state index contributed by atoms with van der Waals surface area (Å²) in [4.78, 5) is 12.5. The Bertz CT molecular complexity index is 324. The number of carboxylic acids is 1. The van der Waals surface area contributed by atoms with E-state index in [0.29, 0.717) is 19.4 Å². The number of nitrogens with one attached hydrogen (secondary N) is 1. The first-order valence-electron chi connectivity index (χ1n) is 5.65. The van der Waals surface area contributed by atoms with Crippen molar-refractivity contribution in [2.75, 3.05) is 0 Å². The zero-order valence-electron chi connectivity index (χ0n) is 9.82. The van der Waals surface area contributed by atoms with Crippen LogP contribution in [0, 0.1) is 0 Å². The summed E-state index contributed by atoms with van der Waals surface area (Å²) in [6, 6.07) is 4.00. The van der Waals surface area contributed by atoms with E-state index < -0.39 is 11.5 Å². The average molecular weight is 241 g/mol. The van der Waals surface area contributed by atoms with Crippen LogP contribution in [0.3, 0.4) is 0 Å². The van der Waals surface area contributed by atoms with Gasteiger partial charge in [-0.2, -0.15) is 0 Å². The second-order valence-corrected chi connectivity index (χ2v) is 4.96. The highest BCUT2D eigenvalue weighted by Gasteiger charge is 2.34. The first-order chi connectivity index (χ1) is 7.64. The molecule has 0 aromatic carbocycles. The lowest BCUT2D eigenvalue weighted by molar-refractivity contribution is -0.145. The molecule has 1 aromatic heterocycles. The molecule has 0 aliphatic carbocycles. The van der Waals surface area contributed by atoms with E-state index in [4.69, 9.17) is 0 Å². The molecule has 0 aliphatic rings. The number of hydrogen-bond donors (Lipinski definition) is 2. The number of rotatable bonds is 7. The molecule has 0 amide bonds. The SMILES string of the molecule is CCCC(CC)(NCc1cccs1)C(=O)O. The van der Waals surface area contributed by atoms with Crippen molar-refractivity contribution in [3.8, 4) is 0 Å². The summed E-state index contributed by atoms with van der Waals surface area (Å²) < 4.78 is 0. The molecule has 16 heavy (non-hydrogen) atoms. The van der Waals surface area contributed by atoms with Gasteiger partial charge < -0.3 is 5.11 Å². The van der Waals surface area contributed by atoms with Crippen LogP contribution in [0.2, 0.25) is 0 Å². The molecule has 3 nitrogen and oxygen atoms in total. The summed E-state index contributed by atoms with van der Waals surface area (Å²) in [6.07, 6.45) is 2.16. The monoisotopic (exact) mass is 241 g/mol. The van der Waals surface area contributed by atoms with Gasteiger partial charge in [-0.25, -0.2) is 0 Å². The lowest BCUT2D eigenvalue weighted by Crippen LogP contribution is -2.51. The molecule has 0 saturated carbocycles. The lowest BCUT2D eigenvalue weighted by Gasteiger charge is -2.29. The Kier molecular flexibility index (Phi) is 4.96. The van der Waals surface area contributed by atoms with Gasteiger partial charge in [0.05, 0.1) is 0 Å². The summed E-state index contributed by atoms with van der Waals surface area (Å²) >= 11 is 1.65. The van der Waals surface area contributed by atoms with Crippen molar-refractivity contribution in [1.29, 1.82) is 0 Å². The van der Waals surface area contributed by atoms with Gasteiger partial charge in [-0.15, -0.1) is 11.3 Å². The van der Waals surface area contributed by atoms with E-state index in [1.165, 1.54) is 4.88 Å². The smallest absolute Gasteiger partial charge is 0.323 e. The van der Waals surface area contributed by atoms with E-state index in [-0.39, 0.29) is 0 Å². The third-order valence-corrected chi connectivity index (χ3v) is 3.75. The van der Waals surface area contributed by atoms with Crippen molar-refractivity contribution < 1.29 is 9.90 Å². The summed E-state index contributed by atoms with van der Waals surface area (Å²) in [6.45, 7) is 4.57. The molecule has 90 valence electrons. The molecule has 2 N–H and O–H groups in total. The normalized spacial score (nSPS) is 14.6. The molecule has 0 saturated heterocycles. The maximum atomic E-state index is 11.3. The Morgan fingerprint density at radius 3 is 2.75 bits per heavy atom. The van der Waals surface area contributed by atoms with E-state index in [2.05, 4.69) is 5.32 Å². The highest BCUT2D eigenvalue weighted by molar-refractivity contribution is 7.09. The second kappa shape index (κ2) is 6.01. The predicted molar refractivity (Wildman–Crippen MR) is 66.7 cm³/mol. The van der Waals surface area contributed by atoms with Crippen molar-refractivity contribution in [3.05, 3.63) is 22.4 Å². The van der Waals surface area contributed by atoms with Gasteiger partial charge >= 0.3 is 5.97 Å². The Morgan fingerprint density at radius 1 is 1.56 bits per heavy atom. The van der Waals surface area contributed by atoms with Gasteiger partial charge in [0.15, 0.2) is 0 Å². The van der Waals surface area contributed by atoms with Crippen molar-refractivity contribution in [2.24, 2.45) is 0 Å². The number of hydrogen-bond acceptors (Lipinski definition) is 3. The van der Waals surface area contributed by atoms with E-state index >= 15 is 0 Å². The summed E-state index contributed by atoms with van der Waals surface area (Å²) in [5.74, 6) is -0.742. The van der Waals surface area contributed by atoms with E-state index in [9.17, 15) is 9.90 Å². The number of aliphatic carboxylic acids is 1. The minimum absolute atomic E-state index is 0.613.